The second-order valence-electron chi connectivity index (χ2n) is 7.68. The number of guanidine groups is 1. The van der Waals surface area contributed by atoms with Crippen molar-refractivity contribution in [3.63, 3.8) is 0 Å². The van der Waals surface area contributed by atoms with E-state index in [9.17, 15) is 0 Å². The minimum absolute atomic E-state index is 0.229. The van der Waals surface area contributed by atoms with Crippen LogP contribution in [0, 0.1) is 0 Å². The number of hydrogen-bond acceptors (Lipinski definition) is 4. The van der Waals surface area contributed by atoms with Crippen LogP contribution in [0.3, 0.4) is 0 Å². The van der Waals surface area contributed by atoms with Crippen LogP contribution in [-0.2, 0) is 13.0 Å². The van der Waals surface area contributed by atoms with E-state index in [4.69, 9.17) is 9.47 Å². The zero-order valence-corrected chi connectivity index (χ0v) is 17.9. The van der Waals surface area contributed by atoms with E-state index in [1.54, 1.807) is 14.2 Å². The Morgan fingerprint density at radius 3 is 2.56 bits per heavy atom. The Morgan fingerprint density at radius 1 is 1.26 bits per heavy atom. The van der Waals surface area contributed by atoms with Crippen molar-refractivity contribution in [1.29, 1.82) is 0 Å². The van der Waals surface area contributed by atoms with Gasteiger partial charge in [0, 0.05) is 56.3 Å². The van der Waals surface area contributed by atoms with Crippen molar-refractivity contribution in [3.8, 4) is 11.5 Å². The van der Waals surface area contributed by atoms with Crippen LogP contribution in [0.25, 0.3) is 0 Å². The Bertz CT molecular complexity index is 635. The highest BCUT2D eigenvalue weighted by atomic mass is 16.5. The molecule has 0 spiro atoms. The molecule has 6 heteroatoms. The van der Waals surface area contributed by atoms with E-state index >= 15 is 0 Å². The first kappa shape index (κ1) is 21.4. The van der Waals surface area contributed by atoms with Crippen LogP contribution in [0.5, 0.6) is 11.5 Å². The van der Waals surface area contributed by atoms with Gasteiger partial charge in [0.15, 0.2) is 5.96 Å². The molecule has 1 aromatic carbocycles. The summed E-state index contributed by atoms with van der Waals surface area (Å²) in [5.41, 5.74) is 2.28. The Labute approximate surface area is 164 Å². The molecule has 2 rings (SSSR count). The van der Waals surface area contributed by atoms with Gasteiger partial charge in [0.05, 0.1) is 7.11 Å². The summed E-state index contributed by atoms with van der Waals surface area (Å²) >= 11 is 0. The number of methoxy groups -OCH3 is 1. The summed E-state index contributed by atoms with van der Waals surface area (Å²) in [7, 11) is 3.51. The minimum atomic E-state index is 0.229. The third kappa shape index (κ3) is 5.76. The number of nitrogens with one attached hydrogen (secondary N) is 2. The normalized spacial score (nSPS) is 16.7. The number of aliphatic imine (C=N–C) groups is 1. The summed E-state index contributed by atoms with van der Waals surface area (Å²) in [6, 6.07) is 5.23. The molecule has 27 heavy (non-hydrogen) atoms. The monoisotopic (exact) mass is 376 g/mol. The van der Waals surface area contributed by atoms with Gasteiger partial charge in [-0.05, 0) is 46.8 Å². The number of hydrogen-bond donors (Lipinski definition) is 2. The van der Waals surface area contributed by atoms with E-state index in [-0.39, 0.29) is 6.10 Å². The molecule has 1 aromatic rings. The van der Waals surface area contributed by atoms with Gasteiger partial charge in [0.25, 0.3) is 0 Å². The van der Waals surface area contributed by atoms with Crippen molar-refractivity contribution in [2.75, 3.05) is 27.2 Å². The third-order valence-electron chi connectivity index (χ3n) is 4.96. The highest BCUT2D eigenvalue weighted by Gasteiger charge is 2.21. The van der Waals surface area contributed by atoms with Gasteiger partial charge in [0.1, 0.15) is 17.6 Å². The van der Waals surface area contributed by atoms with E-state index in [2.05, 4.69) is 67.3 Å². The van der Waals surface area contributed by atoms with E-state index in [1.807, 2.05) is 0 Å². The van der Waals surface area contributed by atoms with Crippen molar-refractivity contribution >= 4 is 5.96 Å². The summed E-state index contributed by atoms with van der Waals surface area (Å²) < 4.78 is 11.5. The molecule has 1 atom stereocenters. The number of ether oxygens (including phenoxy) is 2. The number of nitrogens with zero attached hydrogens (tertiary/aromatic N) is 2. The largest absolute Gasteiger partial charge is 0.496 e. The SMILES string of the molecule is CN=C(NCCN(C(C)C)C(C)C)NCc1cc2c(cc1OC)CC(C)O2. The summed E-state index contributed by atoms with van der Waals surface area (Å²) in [4.78, 5) is 6.79. The Morgan fingerprint density at radius 2 is 1.96 bits per heavy atom. The lowest BCUT2D eigenvalue weighted by atomic mass is 10.1. The zero-order valence-electron chi connectivity index (χ0n) is 17.9. The van der Waals surface area contributed by atoms with Crippen molar-refractivity contribution in [1.82, 2.24) is 15.5 Å². The average molecular weight is 377 g/mol. The molecule has 6 nitrogen and oxygen atoms in total. The summed E-state index contributed by atoms with van der Waals surface area (Å²) in [5.74, 6) is 2.65. The van der Waals surface area contributed by atoms with E-state index in [0.717, 1.165) is 42.5 Å². The first-order chi connectivity index (χ1) is 12.8. The molecular weight excluding hydrogens is 340 g/mol. The van der Waals surface area contributed by atoms with Crippen LogP contribution in [-0.4, -0.2) is 56.3 Å². The molecule has 152 valence electrons. The molecule has 0 saturated carbocycles. The van der Waals surface area contributed by atoms with Crippen LogP contribution in [0.2, 0.25) is 0 Å². The van der Waals surface area contributed by atoms with Gasteiger partial charge in [-0.3, -0.25) is 9.89 Å². The Kier molecular flexibility index (Phi) is 7.78. The lowest BCUT2D eigenvalue weighted by molar-refractivity contribution is 0.178. The van der Waals surface area contributed by atoms with Gasteiger partial charge in [-0.25, -0.2) is 0 Å². The van der Waals surface area contributed by atoms with Gasteiger partial charge in [-0.15, -0.1) is 0 Å². The lowest BCUT2D eigenvalue weighted by Gasteiger charge is -2.30. The topological polar surface area (TPSA) is 58.1 Å². The average Bonchev–Trinajstić information content (AvgIpc) is 2.98. The molecule has 2 N–H and O–H groups in total. The quantitative estimate of drug-likeness (QED) is 0.540. The molecule has 1 aliphatic heterocycles. The van der Waals surface area contributed by atoms with Crippen molar-refractivity contribution in [2.24, 2.45) is 4.99 Å². The van der Waals surface area contributed by atoms with Crippen molar-refractivity contribution in [3.05, 3.63) is 23.3 Å². The molecule has 0 saturated heterocycles. The maximum Gasteiger partial charge on any atom is 0.191 e. The molecule has 0 aromatic heterocycles. The second kappa shape index (κ2) is 9.83. The fourth-order valence-electron chi connectivity index (χ4n) is 3.63. The predicted molar refractivity (Wildman–Crippen MR) is 112 cm³/mol. The molecule has 1 aliphatic rings. The summed E-state index contributed by atoms with van der Waals surface area (Å²) in [5, 5.41) is 6.78. The number of benzene rings is 1. The molecule has 0 bridgehead atoms. The first-order valence-corrected chi connectivity index (χ1v) is 9.92. The zero-order chi connectivity index (χ0) is 20.0. The molecule has 0 fully saturated rings. The standard InChI is InChI=1S/C21H36N4O2/c1-14(2)25(15(3)4)9-8-23-21(22-6)24-13-18-12-20-17(10-16(5)27-20)11-19(18)26-7/h11-12,14-16H,8-10,13H2,1-7H3,(H2,22,23,24). The van der Waals surface area contributed by atoms with E-state index in [1.165, 1.54) is 5.56 Å². The van der Waals surface area contributed by atoms with E-state index < -0.39 is 0 Å². The maximum absolute atomic E-state index is 5.88. The smallest absolute Gasteiger partial charge is 0.191 e. The highest BCUT2D eigenvalue weighted by Crippen LogP contribution is 2.34. The second-order valence-corrected chi connectivity index (χ2v) is 7.68. The molecule has 0 amide bonds. The van der Waals surface area contributed by atoms with Gasteiger partial charge >= 0.3 is 0 Å². The maximum atomic E-state index is 5.88. The molecule has 1 heterocycles. The van der Waals surface area contributed by atoms with Gasteiger partial charge in [-0.1, -0.05) is 0 Å². The number of rotatable bonds is 8. The van der Waals surface area contributed by atoms with Gasteiger partial charge in [0.2, 0.25) is 0 Å². The van der Waals surface area contributed by atoms with Crippen LogP contribution >= 0.6 is 0 Å². The predicted octanol–water partition coefficient (Wildman–Crippen LogP) is 2.80. The van der Waals surface area contributed by atoms with Crippen LogP contribution in [0.1, 0.15) is 45.7 Å². The van der Waals surface area contributed by atoms with Crippen molar-refractivity contribution < 1.29 is 9.47 Å². The summed E-state index contributed by atoms with van der Waals surface area (Å²) in [6.07, 6.45) is 1.16. The summed E-state index contributed by atoms with van der Waals surface area (Å²) in [6.45, 7) is 13.5. The van der Waals surface area contributed by atoms with Crippen LogP contribution in [0.15, 0.2) is 17.1 Å². The third-order valence-corrected chi connectivity index (χ3v) is 4.96. The van der Waals surface area contributed by atoms with E-state index in [0.29, 0.717) is 18.6 Å². The molecule has 0 aliphatic carbocycles. The van der Waals surface area contributed by atoms with Crippen LogP contribution in [0.4, 0.5) is 0 Å². The number of fused-ring (bicyclic) bond motifs is 1. The Hall–Kier alpha value is -1.95. The fourth-order valence-corrected chi connectivity index (χ4v) is 3.63. The minimum Gasteiger partial charge on any atom is -0.496 e. The van der Waals surface area contributed by atoms with Gasteiger partial charge in [-0.2, -0.15) is 0 Å². The van der Waals surface area contributed by atoms with Gasteiger partial charge < -0.3 is 20.1 Å². The first-order valence-electron chi connectivity index (χ1n) is 9.92. The van der Waals surface area contributed by atoms with Crippen molar-refractivity contribution in [2.45, 2.75) is 65.8 Å². The lowest BCUT2D eigenvalue weighted by Crippen LogP contribution is -2.45. The molecular formula is C21H36N4O2. The molecule has 0 radical (unpaired) electrons. The molecule has 1 unspecified atom stereocenters. The Balaban J connectivity index is 1.92. The van der Waals surface area contributed by atoms with Crippen LogP contribution < -0.4 is 20.1 Å². The highest BCUT2D eigenvalue weighted by molar-refractivity contribution is 5.79. The fraction of sp³-hybridized carbons (Fsp3) is 0.667.